The number of fused-ring (bicyclic) bond motifs is 1. The van der Waals surface area contributed by atoms with Crippen molar-refractivity contribution in [2.24, 2.45) is 0 Å². The van der Waals surface area contributed by atoms with E-state index < -0.39 is 0 Å². The maximum absolute atomic E-state index is 5.99. The Kier molecular flexibility index (Phi) is 3.51. The lowest BCUT2D eigenvalue weighted by atomic mass is 10.2. The summed E-state index contributed by atoms with van der Waals surface area (Å²) in [6.07, 6.45) is 0. The minimum absolute atomic E-state index is 0.739. The van der Waals surface area contributed by atoms with Gasteiger partial charge in [0.1, 0.15) is 0 Å². The minimum atomic E-state index is 0.739. The van der Waals surface area contributed by atoms with Crippen LogP contribution in [0.2, 0.25) is 5.02 Å². The number of hydrogen-bond donors (Lipinski definition) is 1. The van der Waals surface area contributed by atoms with Crippen molar-refractivity contribution in [3.05, 3.63) is 47.5 Å². The van der Waals surface area contributed by atoms with Gasteiger partial charge in [-0.25, -0.2) is 4.98 Å². The van der Waals surface area contributed by atoms with Gasteiger partial charge in [-0.1, -0.05) is 22.9 Å². The van der Waals surface area contributed by atoms with E-state index >= 15 is 0 Å². The van der Waals surface area contributed by atoms with Crippen LogP contribution in [-0.2, 0) is 0 Å². The fourth-order valence-electron chi connectivity index (χ4n) is 1.92. The van der Waals surface area contributed by atoms with Crippen molar-refractivity contribution < 1.29 is 0 Å². The molecule has 0 aliphatic rings. The molecule has 0 saturated heterocycles. The molecule has 0 saturated carbocycles. The molecule has 0 unspecified atom stereocenters. The van der Waals surface area contributed by atoms with Gasteiger partial charge in [-0.15, -0.1) is 0 Å². The number of hydrogen-bond acceptors (Lipinski definition) is 4. The number of halogens is 1. The fraction of sp³-hybridized carbons (Fsp3) is 0.133. The molecule has 3 aromatic rings. The van der Waals surface area contributed by atoms with Gasteiger partial charge in [0.25, 0.3) is 0 Å². The van der Waals surface area contributed by atoms with E-state index in [2.05, 4.69) is 27.3 Å². The molecule has 5 heteroatoms. The van der Waals surface area contributed by atoms with Crippen LogP contribution in [0.3, 0.4) is 0 Å². The molecule has 1 N–H and O–H groups in total. The fourth-order valence-corrected chi connectivity index (χ4v) is 3.08. The van der Waals surface area contributed by atoms with Crippen LogP contribution in [0.15, 0.2) is 42.5 Å². The monoisotopic (exact) mass is 303 g/mol. The molecule has 0 aliphatic carbocycles. The molecular formula is C15H14ClN3S. The first-order valence-corrected chi connectivity index (χ1v) is 7.42. The van der Waals surface area contributed by atoms with E-state index in [4.69, 9.17) is 11.6 Å². The Labute approximate surface area is 126 Å². The Morgan fingerprint density at radius 1 is 1.10 bits per heavy atom. The lowest BCUT2D eigenvalue weighted by molar-refractivity contribution is 1.13. The average molecular weight is 304 g/mol. The molecule has 0 atom stereocenters. The number of rotatable bonds is 3. The van der Waals surface area contributed by atoms with Gasteiger partial charge in [0.2, 0.25) is 0 Å². The maximum atomic E-state index is 5.99. The van der Waals surface area contributed by atoms with Gasteiger partial charge >= 0.3 is 0 Å². The lowest BCUT2D eigenvalue weighted by Crippen LogP contribution is -2.08. The second-order valence-electron chi connectivity index (χ2n) is 4.70. The van der Waals surface area contributed by atoms with Gasteiger partial charge in [-0.05, 0) is 42.5 Å². The van der Waals surface area contributed by atoms with Crippen LogP contribution in [0.1, 0.15) is 0 Å². The van der Waals surface area contributed by atoms with E-state index in [1.165, 1.54) is 5.69 Å². The van der Waals surface area contributed by atoms with E-state index in [0.29, 0.717) is 0 Å². The third-order valence-corrected chi connectivity index (χ3v) is 4.15. The largest absolute Gasteiger partial charge is 0.378 e. The van der Waals surface area contributed by atoms with Crippen LogP contribution in [0.5, 0.6) is 0 Å². The predicted octanol–water partition coefficient (Wildman–Crippen LogP) is 4.76. The minimum Gasteiger partial charge on any atom is -0.378 e. The molecule has 0 spiro atoms. The van der Waals surface area contributed by atoms with E-state index in [0.717, 1.165) is 26.1 Å². The highest BCUT2D eigenvalue weighted by Gasteiger charge is 2.05. The van der Waals surface area contributed by atoms with E-state index in [9.17, 15) is 0 Å². The first-order valence-electron chi connectivity index (χ1n) is 6.22. The second-order valence-corrected chi connectivity index (χ2v) is 6.16. The van der Waals surface area contributed by atoms with Crippen molar-refractivity contribution in [1.82, 2.24) is 4.98 Å². The van der Waals surface area contributed by atoms with Crippen molar-refractivity contribution in [3.63, 3.8) is 0 Å². The zero-order valence-corrected chi connectivity index (χ0v) is 12.8. The van der Waals surface area contributed by atoms with Gasteiger partial charge in [-0.2, -0.15) is 0 Å². The molecule has 0 bridgehead atoms. The molecule has 102 valence electrons. The summed E-state index contributed by atoms with van der Waals surface area (Å²) in [5.41, 5.74) is 3.17. The topological polar surface area (TPSA) is 28.2 Å². The summed E-state index contributed by atoms with van der Waals surface area (Å²) in [5.74, 6) is 0. The van der Waals surface area contributed by atoms with Crippen LogP contribution in [0.25, 0.3) is 10.2 Å². The smallest absolute Gasteiger partial charge is 0.188 e. The summed E-state index contributed by atoms with van der Waals surface area (Å²) < 4.78 is 1.09. The normalized spacial score (nSPS) is 10.8. The standard InChI is InChI=1S/C15H14ClN3S/c1-19(2)12-6-4-11(5-7-12)17-15-18-13-8-3-10(16)9-14(13)20-15/h3-9H,1-2H3,(H,17,18). The quantitative estimate of drug-likeness (QED) is 0.756. The SMILES string of the molecule is CN(C)c1ccc(Nc2nc3ccc(Cl)cc3s2)cc1. The molecule has 0 aliphatic heterocycles. The van der Waals surface area contributed by atoms with Crippen LogP contribution >= 0.6 is 22.9 Å². The van der Waals surface area contributed by atoms with Gasteiger partial charge in [0.15, 0.2) is 5.13 Å². The first kappa shape index (κ1) is 13.2. The number of thiazole rings is 1. The highest BCUT2D eigenvalue weighted by atomic mass is 35.5. The van der Waals surface area contributed by atoms with E-state index in [1.54, 1.807) is 11.3 Å². The molecule has 3 nitrogen and oxygen atoms in total. The van der Waals surface area contributed by atoms with E-state index in [1.807, 2.05) is 44.4 Å². The van der Waals surface area contributed by atoms with Gasteiger partial charge in [-0.3, -0.25) is 0 Å². The zero-order valence-electron chi connectivity index (χ0n) is 11.2. The number of nitrogens with zero attached hydrogens (tertiary/aromatic N) is 2. The summed E-state index contributed by atoms with van der Waals surface area (Å²) >= 11 is 7.59. The third kappa shape index (κ3) is 2.71. The number of aromatic nitrogens is 1. The van der Waals surface area contributed by atoms with E-state index in [-0.39, 0.29) is 0 Å². The summed E-state index contributed by atoms with van der Waals surface area (Å²) in [7, 11) is 4.06. The Morgan fingerprint density at radius 3 is 2.55 bits per heavy atom. The molecule has 1 heterocycles. The molecule has 0 fully saturated rings. The van der Waals surface area contributed by atoms with Crippen LogP contribution in [0, 0.1) is 0 Å². The molecule has 2 aromatic carbocycles. The third-order valence-electron chi connectivity index (χ3n) is 2.99. The van der Waals surface area contributed by atoms with Crippen LogP contribution in [0.4, 0.5) is 16.5 Å². The van der Waals surface area contributed by atoms with Crippen molar-refractivity contribution in [3.8, 4) is 0 Å². The molecular weight excluding hydrogens is 290 g/mol. The Hall–Kier alpha value is -1.78. The molecule has 0 radical (unpaired) electrons. The number of benzene rings is 2. The Morgan fingerprint density at radius 2 is 1.85 bits per heavy atom. The summed E-state index contributed by atoms with van der Waals surface area (Å²) in [6.45, 7) is 0. The molecule has 0 amide bonds. The van der Waals surface area contributed by atoms with Crippen LogP contribution < -0.4 is 10.2 Å². The molecule has 1 aromatic heterocycles. The maximum Gasteiger partial charge on any atom is 0.188 e. The lowest BCUT2D eigenvalue weighted by Gasteiger charge is -2.12. The highest BCUT2D eigenvalue weighted by Crippen LogP contribution is 2.30. The first-order chi connectivity index (χ1) is 9.61. The summed E-state index contributed by atoms with van der Waals surface area (Å²) in [5, 5.41) is 4.94. The van der Waals surface area contributed by atoms with Crippen molar-refractivity contribution in [1.29, 1.82) is 0 Å². The predicted molar refractivity (Wildman–Crippen MR) is 88.7 cm³/mol. The summed E-state index contributed by atoms with van der Waals surface area (Å²) in [4.78, 5) is 6.62. The highest BCUT2D eigenvalue weighted by molar-refractivity contribution is 7.22. The van der Waals surface area contributed by atoms with Crippen LogP contribution in [-0.4, -0.2) is 19.1 Å². The Bertz CT molecular complexity index is 734. The van der Waals surface area contributed by atoms with Crippen molar-refractivity contribution in [2.75, 3.05) is 24.3 Å². The average Bonchev–Trinajstić information content (AvgIpc) is 2.80. The van der Waals surface area contributed by atoms with Gasteiger partial charge in [0.05, 0.1) is 10.2 Å². The van der Waals surface area contributed by atoms with Crippen molar-refractivity contribution in [2.45, 2.75) is 0 Å². The Balaban J connectivity index is 1.85. The molecule has 3 rings (SSSR count). The number of nitrogens with one attached hydrogen (secondary N) is 1. The second kappa shape index (κ2) is 5.31. The van der Waals surface area contributed by atoms with Gasteiger partial charge in [0, 0.05) is 30.5 Å². The summed E-state index contributed by atoms with van der Waals surface area (Å²) in [6, 6.07) is 14.0. The zero-order chi connectivity index (χ0) is 14.1. The molecule has 20 heavy (non-hydrogen) atoms. The van der Waals surface area contributed by atoms with Gasteiger partial charge < -0.3 is 10.2 Å². The van der Waals surface area contributed by atoms with Crippen molar-refractivity contribution >= 4 is 49.7 Å². The number of anilines is 3.